The lowest BCUT2D eigenvalue weighted by molar-refractivity contribution is -0.126. The summed E-state index contributed by atoms with van der Waals surface area (Å²) in [6.07, 6.45) is 3.77. The van der Waals surface area contributed by atoms with Gasteiger partial charge in [0.15, 0.2) is 0 Å². The van der Waals surface area contributed by atoms with Gasteiger partial charge in [0.2, 0.25) is 5.91 Å². The first-order chi connectivity index (χ1) is 14.7. The number of nitrogens with one attached hydrogen (secondary N) is 2. The zero-order chi connectivity index (χ0) is 22.1. The minimum Gasteiger partial charge on any atom is -0.336 e. The molecule has 3 amide bonds. The van der Waals surface area contributed by atoms with Gasteiger partial charge in [-0.1, -0.05) is 30.3 Å². The second-order valence-electron chi connectivity index (χ2n) is 9.43. The lowest BCUT2D eigenvalue weighted by Gasteiger charge is -2.34. The SMILES string of the molecule is N#CC1(NC(=O)C(CC(F)(F)Cc2ccccc2)NC(=O)N2CCCC3(CC3)C2)CC1. The minimum atomic E-state index is -3.19. The molecule has 1 aromatic carbocycles. The van der Waals surface area contributed by atoms with Gasteiger partial charge in [-0.2, -0.15) is 5.26 Å². The van der Waals surface area contributed by atoms with Gasteiger partial charge in [0.05, 0.1) is 6.07 Å². The minimum absolute atomic E-state index is 0.184. The van der Waals surface area contributed by atoms with Crippen molar-refractivity contribution < 1.29 is 18.4 Å². The van der Waals surface area contributed by atoms with Crippen LogP contribution in [0.25, 0.3) is 0 Å². The maximum atomic E-state index is 14.9. The van der Waals surface area contributed by atoms with Crippen molar-refractivity contribution in [3.05, 3.63) is 35.9 Å². The average Bonchev–Trinajstić information content (AvgIpc) is 3.66. The number of carbonyl (C=O) groups is 2. The Morgan fingerprint density at radius 1 is 1.16 bits per heavy atom. The summed E-state index contributed by atoms with van der Waals surface area (Å²) in [5.74, 6) is -3.92. The topological polar surface area (TPSA) is 85.2 Å². The van der Waals surface area contributed by atoms with E-state index >= 15 is 0 Å². The van der Waals surface area contributed by atoms with E-state index < -0.39 is 42.3 Å². The molecular formula is C23H28F2N4O2. The molecule has 6 nitrogen and oxygen atoms in total. The van der Waals surface area contributed by atoms with Gasteiger partial charge >= 0.3 is 6.03 Å². The fraction of sp³-hybridized carbons (Fsp3) is 0.609. The summed E-state index contributed by atoms with van der Waals surface area (Å²) >= 11 is 0. The molecule has 2 N–H and O–H groups in total. The van der Waals surface area contributed by atoms with E-state index in [1.165, 1.54) is 0 Å². The quantitative estimate of drug-likeness (QED) is 0.695. The van der Waals surface area contributed by atoms with Crippen molar-refractivity contribution in [1.82, 2.24) is 15.5 Å². The van der Waals surface area contributed by atoms with E-state index in [2.05, 4.69) is 10.6 Å². The van der Waals surface area contributed by atoms with E-state index in [9.17, 15) is 23.6 Å². The maximum Gasteiger partial charge on any atom is 0.318 e. The molecule has 1 aliphatic heterocycles. The van der Waals surface area contributed by atoms with E-state index in [0.29, 0.717) is 31.5 Å². The van der Waals surface area contributed by atoms with Crippen molar-refractivity contribution in [2.24, 2.45) is 5.41 Å². The number of piperidine rings is 1. The molecule has 0 bridgehead atoms. The highest BCUT2D eigenvalue weighted by Gasteiger charge is 2.49. The summed E-state index contributed by atoms with van der Waals surface area (Å²) < 4.78 is 29.7. The number of benzene rings is 1. The molecule has 1 spiro atoms. The van der Waals surface area contributed by atoms with E-state index in [1.54, 1.807) is 35.2 Å². The van der Waals surface area contributed by atoms with Crippen LogP contribution >= 0.6 is 0 Å². The first-order valence-corrected chi connectivity index (χ1v) is 10.9. The van der Waals surface area contributed by atoms with Crippen molar-refractivity contribution >= 4 is 11.9 Å². The average molecular weight is 430 g/mol. The van der Waals surface area contributed by atoms with Crippen LogP contribution in [0.3, 0.4) is 0 Å². The molecule has 0 aromatic heterocycles. The number of carbonyl (C=O) groups excluding carboxylic acids is 2. The predicted octanol–water partition coefficient (Wildman–Crippen LogP) is 3.38. The molecular weight excluding hydrogens is 402 g/mol. The Morgan fingerprint density at radius 2 is 1.87 bits per heavy atom. The van der Waals surface area contributed by atoms with Crippen molar-refractivity contribution in [2.75, 3.05) is 13.1 Å². The summed E-state index contributed by atoms with van der Waals surface area (Å²) in [5, 5.41) is 14.4. The van der Waals surface area contributed by atoms with Gasteiger partial charge in [-0.3, -0.25) is 4.79 Å². The maximum absolute atomic E-state index is 14.9. The Hall–Kier alpha value is -2.69. The number of urea groups is 1. The number of halogens is 2. The number of nitrogens with zero attached hydrogens (tertiary/aromatic N) is 2. The lowest BCUT2D eigenvalue weighted by atomic mass is 9.95. The van der Waals surface area contributed by atoms with E-state index in [1.807, 2.05) is 6.07 Å². The van der Waals surface area contributed by atoms with Gasteiger partial charge < -0.3 is 15.5 Å². The third-order valence-corrected chi connectivity index (χ3v) is 6.65. The molecule has 4 rings (SSSR count). The third-order valence-electron chi connectivity index (χ3n) is 6.65. The van der Waals surface area contributed by atoms with Crippen LogP contribution in [-0.4, -0.2) is 47.4 Å². The van der Waals surface area contributed by atoms with Gasteiger partial charge in [-0.25, -0.2) is 13.6 Å². The fourth-order valence-corrected chi connectivity index (χ4v) is 4.39. The van der Waals surface area contributed by atoms with Gasteiger partial charge in [-0.15, -0.1) is 0 Å². The second-order valence-corrected chi connectivity index (χ2v) is 9.43. The van der Waals surface area contributed by atoms with E-state index in [-0.39, 0.29) is 5.41 Å². The zero-order valence-corrected chi connectivity index (χ0v) is 17.5. The largest absolute Gasteiger partial charge is 0.336 e. The van der Waals surface area contributed by atoms with E-state index in [0.717, 1.165) is 25.7 Å². The number of hydrogen-bond donors (Lipinski definition) is 2. The van der Waals surface area contributed by atoms with Gasteiger partial charge in [0, 0.05) is 25.9 Å². The Labute approximate surface area is 181 Å². The molecule has 3 fully saturated rings. The number of amides is 3. The molecule has 1 heterocycles. The molecule has 3 aliphatic rings. The molecule has 166 valence electrons. The standard InChI is InChI=1S/C23H28F2N4O2/c24-23(25,13-17-5-2-1-3-6-17)14-18(19(30)28-22(15-26)10-11-22)27-20(31)29-12-4-7-21(16-29)8-9-21/h1-3,5-6,18H,4,7-14,16H2,(H,27,31)(H,28,30). The van der Waals surface area contributed by atoms with Gasteiger partial charge in [0.25, 0.3) is 5.92 Å². The third kappa shape index (κ3) is 5.33. The fourth-order valence-electron chi connectivity index (χ4n) is 4.39. The molecule has 31 heavy (non-hydrogen) atoms. The monoisotopic (exact) mass is 430 g/mol. The zero-order valence-electron chi connectivity index (χ0n) is 17.5. The van der Waals surface area contributed by atoms with Gasteiger partial charge in [-0.05, 0) is 49.5 Å². The Balaban J connectivity index is 1.45. The summed E-state index contributed by atoms with van der Waals surface area (Å²) in [7, 11) is 0. The predicted molar refractivity (Wildman–Crippen MR) is 110 cm³/mol. The molecule has 1 atom stereocenters. The van der Waals surface area contributed by atoms with Crippen LogP contribution in [0.2, 0.25) is 0 Å². The summed E-state index contributed by atoms with van der Waals surface area (Å²) in [6.45, 7) is 1.17. The van der Waals surface area contributed by atoms with Crippen LogP contribution in [0.15, 0.2) is 30.3 Å². The van der Waals surface area contributed by atoms with Crippen LogP contribution in [0.5, 0.6) is 0 Å². The summed E-state index contributed by atoms with van der Waals surface area (Å²) in [6, 6.07) is 8.49. The second kappa shape index (κ2) is 8.10. The molecule has 1 saturated heterocycles. The summed E-state index contributed by atoms with van der Waals surface area (Å²) in [5.41, 5.74) is -0.345. The molecule has 2 saturated carbocycles. The molecule has 1 aromatic rings. The van der Waals surface area contributed by atoms with Gasteiger partial charge in [0.1, 0.15) is 11.6 Å². The number of rotatable bonds is 7. The Kier molecular flexibility index (Phi) is 5.63. The number of likely N-dealkylation sites (tertiary alicyclic amines) is 1. The molecule has 2 aliphatic carbocycles. The van der Waals surface area contributed by atoms with Crippen molar-refractivity contribution in [2.45, 2.75) is 68.9 Å². The van der Waals surface area contributed by atoms with E-state index in [4.69, 9.17) is 0 Å². The smallest absolute Gasteiger partial charge is 0.318 e. The van der Waals surface area contributed by atoms with Crippen LogP contribution in [0, 0.1) is 16.7 Å². The van der Waals surface area contributed by atoms with Crippen LogP contribution in [-0.2, 0) is 11.2 Å². The molecule has 8 heteroatoms. The number of hydrogen-bond acceptors (Lipinski definition) is 3. The highest BCUT2D eigenvalue weighted by atomic mass is 19.3. The molecule has 0 radical (unpaired) electrons. The number of alkyl halides is 2. The van der Waals surface area contributed by atoms with Crippen molar-refractivity contribution in [3.63, 3.8) is 0 Å². The normalized spacial score (nSPS) is 21.6. The first kappa shape index (κ1) is 21.5. The van der Waals surface area contributed by atoms with Crippen LogP contribution < -0.4 is 10.6 Å². The highest BCUT2D eigenvalue weighted by molar-refractivity contribution is 5.88. The van der Waals surface area contributed by atoms with Crippen LogP contribution in [0.4, 0.5) is 13.6 Å². The number of nitriles is 1. The lowest BCUT2D eigenvalue weighted by Crippen LogP contribution is -2.56. The highest BCUT2D eigenvalue weighted by Crippen LogP contribution is 2.52. The first-order valence-electron chi connectivity index (χ1n) is 10.9. The van der Waals surface area contributed by atoms with Crippen LogP contribution in [0.1, 0.15) is 50.5 Å². The van der Waals surface area contributed by atoms with Crippen molar-refractivity contribution in [1.29, 1.82) is 5.26 Å². The Morgan fingerprint density at radius 3 is 2.48 bits per heavy atom. The summed E-state index contributed by atoms with van der Waals surface area (Å²) in [4.78, 5) is 27.3. The molecule has 1 unspecified atom stereocenters. The van der Waals surface area contributed by atoms with Crippen molar-refractivity contribution in [3.8, 4) is 6.07 Å². The Bertz CT molecular complexity index is 875.